The Bertz CT molecular complexity index is 533. The first kappa shape index (κ1) is 14.7. The normalized spacial score (nSPS) is 12.3. The third-order valence-corrected chi connectivity index (χ3v) is 3.45. The molecule has 0 bridgehead atoms. The van der Waals surface area contributed by atoms with Gasteiger partial charge in [-0.05, 0) is 49.6 Å². The zero-order valence-corrected chi connectivity index (χ0v) is 12.2. The van der Waals surface area contributed by atoms with E-state index in [1.807, 2.05) is 6.07 Å². The van der Waals surface area contributed by atoms with E-state index in [9.17, 15) is 4.39 Å². The summed E-state index contributed by atoms with van der Waals surface area (Å²) in [5.74, 6) is -0.172. The van der Waals surface area contributed by atoms with E-state index in [1.165, 1.54) is 17.2 Å². The first-order valence-corrected chi connectivity index (χ1v) is 7.23. The summed E-state index contributed by atoms with van der Waals surface area (Å²) in [7, 11) is 0. The molecule has 2 aromatic carbocycles. The molecule has 2 heteroatoms. The van der Waals surface area contributed by atoms with Gasteiger partial charge in [-0.2, -0.15) is 0 Å². The van der Waals surface area contributed by atoms with E-state index in [4.69, 9.17) is 0 Å². The van der Waals surface area contributed by atoms with Crippen molar-refractivity contribution in [2.75, 3.05) is 6.54 Å². The number of rotatable bonds is 6. The molecule has 0 fully saturated rings. The van der Waals surface area contributed by atoms with Crippen LogP contribution in [0.5, 0.6) is 0 Å². The van der Waals surface area contributed by atoms with Crippen LogP contribution in [-0.4, -0.2) is 6.54 Å². The van der Waals surface area contributed by atoms with Gasteiger partial charge in [-0.1, -0.05) is 48.9 Å². The molecule has 0 heterocycles. The van der Waals surface area contributed by atoms with Crippen molar-refractivity contribution in [3.05, 3.63) is 71.0 Å². The van der Waals surface area contributed by atoms with Crippen molar-refractivity contribution in [2.45, 2.75) is 32.7 Å². The fraction of sp³-hybridized carbons (Fsp3) is 0.333. The molecule has 2 aromatic rings. The lowest BCUT2D eigenvalue weighted by Gasteiger charge is -2.19. The van der Waals surface area contributed by atoms with Crippen molar-refractivity contribution in [3.8, 4) is 0 Å². The number of halogens is 1. The molecule has 0 saturated heterocycles. The average Bonchev–Trinajstić information content (AvgIpc) is 2.45. The Balaban J connectivity index is 2.16. The Morgan fingerprint density at radius 2 is 1.85 bits per heavy atom. The molecule has 0 aliphatic carbocycles. The van der Waals surface area contributed by atoms with Gasteiger partial charge in [-0.25, -0.2) is 4.39 Å². The van der Waals surface area contributed by atoms with Crippen molar-refractivity contribution in [2.24, 2.45) is 0 Å². The van der Waals surface area contributed by atoms with Crippen LogP contribution in [0.25, 0.3) is 0 Å². The molecule has 1 nitrogen and oxygen atoms in total. The van der Waals surface area contributed by atoms with E-state index in [0.717, 1.165) is 24.9 Å². The molecule has 2 rings (SSSR count). The van der Waals surface area contributed by atoms with Crippen LogP contribution in [-0.2, 0) is 6.42 Å². The minimum Gasteiger partial charge on any atom is -0.310 e. The highest BCUT2D eigenvalue weighted by molar-refractivity contribution is 5.26. The van der Waals surface area contributed by atoms with Crippen LogP contribution in [0.15, 0.2) is 48.5 Å². The first-order chi connectivity index (χ1) is 9.69. The minimum absolute atomic E-state index is 0.161. The second kappa shape index (κ2) is 7.20. The largest absolute Gasteiger partial charge is 0.310 e. The molecule has 0 aliphatic rings. The Morgan fingerprint density at radius 1 is 1.10 bits per heavy atom. The first-order valence-electron chi connectivity index (χ1n) is 7.23. The molecule has 0 aromatic heterocycles. The van der Waals surface area contributed by atoms with E-state index >= 15 is 0 Å². The van der Waals surface area contributed by atoms with Crippen LogP contribution >= 0.6 is 0 Å². The lowest BCUT2D eigenvalue weighted by atomic mass is 9.98. The molecule has 0 spiro atoms. The molecule has 106 valence electrons. The van der Waals surface area contributed by atoms with Gasteiger partial charge in [0.2, 0.25) is 0 Å². The molecule has 20 heavy (non-hydrogen) atoms. The summed E-state index contributed by atoms with van der Waals surface area (Å²) in [5.41, 5.74) is 3.55. The summed E-state index contributed by atoms with van der Waals surface area (Å²) in [6, 6.07) is 15.6. The lowest BCUT2D eigenvalue weighted by molar-refractivity contribution is 0.524. The molecule has 0 radical (unpaired) electrons. The Hall–Kier alpha value is -1.67. The predicted molar refractivity (Wildman–Crippen MR) is 82.3 cm³/mol. The molecular formula is C18H22FN. The van der Waals surface area contributed by atoms with Crippen LogP contribution in [0.4, 0.5) is 4.39 Å². The summed E-state index contributed by atoms with van der Waals surface area (Å²) < 4.78 is 13.4. The minimum atomic E-state index is -0.172. The zero-order valence-electron chi connectivity index (χ0n) is 12.2. The van der Waals surface area contributed by atoms with Crippen molar-refractivity contribution in [1.82, 2.24) is 5.32 Å². The van der Waals surface area contributed by atoms with Gasteiger partial charge < -0.3 is 5.32 Å². The fourth-order valence-electron chi connectivity index (χ4n) is 2.31. The fourth-order valence-corrected chi connectivity index (χ4v) is 2.31. The summed E-state index contributed by atoms with van der Waals surface area (Å²) in [4.78, 5) is 0. The van der Waals surface area contributed by atoms with Crippen molar-refractivity contribution >= 4 is 0 Å². The summed E-state index contributed by atoms with van der Waals surface area (Å²) in [5, 5.41) is 3.51. The highest BCUT2D eigenvalue weighted by Crippen LogP contribution is 2.19. The summed E-state index contributed by atoms with van der Waals surface area (Å²) in [6.45, 7) is 5.16. The van der Waals surface area contributed by atoms with Crippen LogP contribution in [0.3, 0.4) is 0 Å². The van der Waals surface area contributed by atoms with E-state index in [2.05, 4.69) is 43.4 Å². The van der Waals surface area contributed by atoms with E-state index in [1.54, 1.807) is 12.1 Å². The van der Waals surface area contributed by atoms with Crippen LogP contribution in [0, 0.1) is 12.7 Å². The van der Waals surface area contributed by atoms with Crippen molar-refractivity contribution in [1.29, 1.82) is 0 Å². The number of hydrogen-bond acceptors (Lipinski definition) is 1. The van der Waals surface area contributed by atoms with Crippen LogP contribution in [0.2, 0.25) is 0 Å². The molecule has 0 saturated carbocycles. The Labute approximate surface area is 120 Å². The van der Waals surface area contributed by atoms with Crippen LogP contribution in [0.1, 0.15) is 36.1 Å². The smallest absolute Gasteiger partial charge is 0.123 e. The Morgan fingerprint density at radius 3 is 2.50 bits per heavy atom. The summed E-state index contributed by atoms with van der Waals surface area (Å²) in [6.07, 6.45) is 1.95. The maximum absolute atomic E-state index is 13.4. The number of aryl methyl sites for hydroxylation is 1. The van der Waals surface area contributed by atoms with Gasteiger partial charge in [0.25, 0.3) is 0 Å². The van der Waals surface area contributed by atoms with Gasteiger partial charge >= 0.3 is 0 Å². The zero-order chi connectivity index (χ0) is 14.4. The SMILES string of the molecule is CCCNC(Cc1ccc(C)cc1)c1cccc(F)c1. The van der Waals surface area contributed by atoms with Gasteiger partial charge in [-0.3, -0.25) is 0 Å². The third-order valence-electron chi connectivity index (χ3n) is 3.45. The quantitative estimate of drug-likeness (QED) is 0.820. The predicted octanol–water partition coefficient (Wildman–Crippen LogP) is 4.42. The average molecular weight is 271 g/mol. The molecule has 0 amide bonds. The second-order valence-electron chi connectivity index (χ2n) is 5.25. The van der Waals surface area contributed by atoms with E-state index in [-0.39, 0.29) is 11.9 Å². The van der Waals surface area contributed by atoms with E-state index in [0.29, 0.717) is 0 Å². The molecule has 1 atom stereocenters. The highest BCUT2D eigenvalue weighted by atomic mass is 19.1. The molecule has 1 unspecified atom stereocenters. The van der Waals surface area contributed by atoms with E-state index < -0.39 is 0 Å². The third kappa shape index (κ3) is 4.17. The maximum atomic E-state index is 13.4. The maximum Gasteiger partial charge on any atom is 0.123 e. The lowest BCUT2D eigenvalue weighted by Crippen LogP contribution is -2.24. The van der Waals surface area contributed by atoms with Crippen LogP contribution < -0.4 is 5.32 Å². The van der Waals surface area contributed by atoms with Gasteiger partial charge in [-0.15, -0.1) is 0 Å². The standard InChI is InChI=1S/C18H22FN/c1-3-11-20-18(16-5-4-6-17(19)13-16)12-15-9-7-14(2)8-10-15/h4-10,13,18,20H,3,11-12H2,1-2H3. The topological polar surface area (TPSA) is 12.0 Å². The van der Waals surface area contributed by atoms with Gasteiger partial charge in [0, 0.05) is 6.04 Å². The van der Waals surface area contributed by atoms with Gasteiger partial charge in [0.1, 0.15) is 5.82 Å². The monoisotopic (exact) mass is 271 g/mol. The van der Waals surface area contributed by atoms with Gasteiger partial charge in [0.05, 0.1) is 0 Å². The highest BCUT2D eigenvalue weighted by Gasteiger charge is 2.12. The molecule has 0 aliphatic heterocycles. The molecule has 1 N–H and O–H groups in total. The summed E-state index contributed by atoms with van der Waals surface area (Å²) >= 11 is 0. The number of hydrogen-bond donors (Lipinski definition) is 1. The Kier molecular flexibility index (Phi) is 5.31. The second-order valence-corrected chi connectivity index (χ2v) is 5.25. The van der Waals surface area contributed by atoms with Crippen molar-refractivity contribution in [3.63, 3.8) is 0 Å². The number of nitrogens with one attached hydrogen (secondary N) is 1. The molecular weight excluding hydrogens is 249 g/mol. The van der Waals surface area contributed by atoms with Crippen molar-refractivity contribution < 1.29 is 4.39 Å². The number of benzene rings is 2. The van der Waals surface area contributed by atoms with Gasteiger partial charge in [0.15, 0.2) is 0 Å².